The van der Waals surface area contributed by atoms with Crippen molar-refractivity contribution in [3.8, 4) is 0 Å². The molecule has 3 heterocycles. The van der Waals surface area contributed by atoms with E-state index in [4.69, 9.17) is 9.47 Å². The van der Waals surface area contributed by atoms with Gasteiger partial charge in [-0.3, -0.25) is 9.78 Å². The fourth-order valence-electron chi connectivity index (χ4n) is 3.29. The molecule has 0 amide bonds. The van der Waals surface area contributed by atoms with Gasteiger partial charge in [0.05, 0.1) is 5.60 Å². The molecule has 4 heteroatoms. The molecule has 0 saturated carbocycles. The van der Waals surface area contributed by atoms with Crippen LogP contribution in [-0.2, 0) is 9.47 Å². The lowest BCUT2D eigenvalue weighted by Gasteiger charge is -2.43. The monoisotopic (exact) mass is 275 g/mol. The second-order valence-corrected chi connectivity index (χ2v) is 5.89. The Morgan fingerprint density at radius 1 is 1.35 bits per heavy atom. The lowest BCUT2D eigenvalue weighted by atomic mass is 9.77. The van der Waals surface area contributed by atoms with Crippen LogP contribution in [0.1, 0.15) is 41.6 Å². The Morgan fingerprint density at radius 2 is 2.15 bits per heavy atom. The Labute approximate surface area is 119 Å². The van der Waals surface area contributed by atoms with Crippen LogP contribution in [0.5, 0.6) is 0 Å². The van der Waals surface area contributed by atoms with E-state index >= 15 is 0 Å². The minimum atomic E-state index is -0.132. The summed E-state index contributed by atoms with van der Waals surface area (Å²) in [5.74, 6) is 0.287. The van der Waals surface area contributed by atoms with Crippen LogP contribution < -0.4 is 0 Å². The maximum absolute atomic E-state index is 12.7. The van der Waals surface area contributed by atoms with Crippen molar-refractivity contribution in [2.75, 3.05) is 19.8 Å². The van der Waals surface area contributed by atoms with Crippen molar-refractivity contribution in [3.05, 3.63) is 29.6 Å². The molecule has 1 unspecified atom stereocenters. The molecule has 2 saturated heterocycles. The quantitative estimate of drug-likeness (QED) is 0.778. The number of ether oxygens (including phenoxy) is 2. The van der Waals surface area contributed by atoms with Crippen LogP contribution in [0.25, 0.3) is 0 Å². The predicted octanol–water partition coefficient (Wildman–Crippen LogP) is 2.55. The van der Waals surface area contributed by atoms with Crippen LogP contribution in [0.2, 0.25) is 0 Å². The van der Waals surface area contributed by atoms with E-state index in [0.29, 0.717) is 6.61 Å². The van der Waals surface area contributed by atoms with E-state index in [0.717, 1.165) is 50.0 Å². The number of Topliss-reactive ketones (excluding diaryl/α,β-unsaturated/α-hetero) is 1. The van der Waals surface area contributed by atoms with Crippen molar-refractivity contribution in [3.63, 3.8) is 0 Å². The Kier molecular flexibility index (Phi) is 3.85. The first-order valence-electron chi connectivity index (χ1n) is 7.37. The zero-order chi connectivity index (χ0) is 14.0. The van der Waals surface area contributed by atoms with Crippen LogP contribution in [0.15, 0.2) is 18.5 Å². The summed E-state index contributed by atoms with van der Waals surface area (Å²) < 4.78 is 11.4. The van der Waals surface area contributed by atoms with E-state index in [9.17, 15) is 4.79 Å². The first-order valence-corrected chi connectivity index (χ1v) is 7.37. The van der Waals surface area contributed by atoms with Gasteiger partial charge in [-0.05, 0) is 44.2 Å². The van der Waals surface area contributed by atoms with E-state index in [1.165, 1.54) is 0 Å². The summed E-state index contributed by atoms with van der Waals surface area (Å²) in [6.45, 7) is 4.13. The van der Waals surface area contributed by atoms with Gasteiger partial charge in [-0.1, -0.05) is 0 Å². The first-order chi connectivity index (χ1) is 9.70. The number of aromatic nitrogens is 1. The fraction of sp³-hybridized carbons (Fsp3) is 0.625. The lowest BCUT2D eigenvalue weighted by Crippen LogP contribution is -2.46. The molecular formula is C16H21NO3. The predicted molar refractivity (Wildman–Crippen MR) is 74.8 cm³/mol. The maximum atomic E-state index is 12.7. The Hall–Kier alpha value is -1.26. The molecule has 2 aliphatic rings. The number of hydrogen-bond donors (Lipinski definition) is 0. The van der Waals surface area contributed by atoms with Gasteiger partial charge in [-0.2, -0.15) is 0 Å². The van der Waals surface area contributed by atoms with Crippen molar-refractivity contribution in [1.29, 1.82) is 0 Å². The number of carbonyl (C=O) groups excluding carboxylic acids is 1. The minimum absolute atomic E-state index is 0.0600. The standard InChI is InChI=1S/C16H21NO3/c1-12-2-6-17-11-14(12)15(18)13-3-7-20-16(10-13)4-8-19-9-5-16/h2,6,11,13H,3-5,7-10H2,1H3. The average Bonchev–Trinajstić information content (AvgIpc) is 2.48. The Balaban J connectivity index is 1.77. The van der Waals surface area contributed by atoms with Gasteiger partial charge in [0, 0.05) is 43.7 Å². The molecule has 0 N–H and O–H groups in total. The molecule has 1 aromatic rings. The Bertz CT molecular complexity index is 489. The molecule has 1 atom stereocenters. The average molecular weight is 275 g/mol. The van der Waals surface area contributed by atoms with E-state index in [1.807, 2.05) is 13.0 Å². The number of carbonyl (C=O) groups is 1. The molecular weight excluding hydrogens is 254 g/mol. The van der Waals surface area contributed by atoms with Gasteiger partial charge in [-0.15, -0.1) is 0 Å². The number of aryl methyl sites for hydroxylation is 1. The molecule has 0 aromatic carbocycles. The summed E-state index contributed by atoms with van der Waals surface area (Å²) in [5.41, 5.74) is 1.64. The summed E-state index contributed by atoms with van der Waals surface area (Å²) in [4.78, 5) is 16.8. The van der Waals surface area contributed by atoms with Crippen molar-refractivity contribution in [2.45, 2.75) is 38.2 Å². The highest BCUT2D eigenvalue weighted by Gasteiger charge is 2.41. The third-order valence-corrected chi connectivity index (χ3v) is 4.57. The van der Waals surface area contributed by atoms with E-state index in [-0.39, 0.29) is 17.3 Å². The van der Waals surface area contributed by atoms with Crippen molar-refractivity contribution in [1.82, 2.24) is 4.98 Å². The number of ketones is 1. The van der Waals surface area contributed by atoms with Gasteiger partial charge >= 0.3 is 0 Å². The van der Waals surface area contributed by atoms with E-state index in [1.54, 1.807) is 12.4 Å². The van der Waals surface area contributed by atoms with Crippen LogP contribution in [0, 0.1) is 12.8 Å². The third kappa shape index (κ3) is 2.63. The van der Waals surface area contributed by atoms with Gasteiger partial charge in [0.2, 0.25) is 0 Å². The molecule has 20 heavy (non-hydrogen) atoms. The normalized spacial score (nSPS) is 25.6. The fourth-order valence-corrected chi connectivity index (χ4v) is 3.29. The van der Waals surface area contributed by atoms with E-state index in [2.05, 4.69) is 4.98 Å². The molecule has 4 nitrogen and oxygen atoms in total. The highest BCUT2D eigenvalue weighted by molar-refractivity contribution is 5.98. The summed E-state index contributed by atoms with van der Waals surface area (Å²) >= 11 is 0. The molecule has 0 bridgehead atoms. The van der Waals surface area contributed by atoms with Crippen LogP contribution in [0.3, 0.4) is 0 Å². The van der Waals surface area contributed by atoms with Crippen LogP contribution in [-0.4, -0.2) is 36.2 Å². The van der Waals surface area contributed by atoms with E-state index < -0.39 is 0 Å². The minimum Gasteiger partial charge on any atom is -0.381 e. The molecule has 1 spiro atoms. The van der Waals surface area contributed by atoms with Gasteiger partial charge < -0.3 is 9.47 Å². The second kappa shape index (κ2) is 5.62. The molecule has 1 aromatic heterocycles. The molecule has 0 radical (unpaired) electrons. The number of hydrogen-bond acceptors (Lipinski definition) is 4. The number of rotatable bonds is 2. The zero-order valence-corrected chi connectivity index (χ0v) is 11.9. The van der Waals surface area contributed by atoms with Crippen molar-refractivity contribution >= 4 is 5.78 Å². The number of nitrogens with zero attached hydrogens (tertiary/aromatic N) is 1. The molecule has 108 valence electrons. The van der Waals surface area contributed by atoms with Gasteiger partial charge in [0.1, 0.15) is 0 Å². The third-order valence-electron chi connectivity index (χ3n) is 4.57. The lowest BCUT2D eigenvalue weighted by molar-refractivity contribution is -0.142. The summed E-state index contributed by atoms with van der Waals surface area (Å²) in [6, 6.07) is 1.90. The molecule has 2 aliphatic heterocycles. The van der Waals surface area contributed by atoms with Gasteiger partial charge in [0.25, 0.3) is 0 Å². The summed E-state index contributed by atoms with van der Waals surface area (Å²) in [7, 11) is 0. The first kappa shape index (κ1) is 13.7. The molecule has 2 fully saturated rings. The summed E-state index contributed by atoms with van der Waals surface area (Å²) in [6.07, 6.45) is 6.88. The highest BCUT2D eigenvalue weighted by Crippen LogP contribution is 2.38. The smallest absolute Gasteiger partial charge is 0.167 e. The Morgan fingerprint density at radius 3 is 2.90 bits per heavy atom. The van der Waals surface area contributed by atoms with Gasteiger partial charge in [-0.25, -0.2) is 0 Å². The molecule has 3 rings (SSSR count). The largest absolute Gasteiger partial charge is 0.381 e. The van der Waals surface area contributed by atoms with Crippen LogP contribution >= 0.6 is 0 Å². The SMILES string of the molecule is Cc1ccncc1C(=O)C1CCOC2(CCOCC2)C1. The number of pyridine rings is 1. The van der Waals surface area contributed by atoms with Crippen LogP contribution in [0.4, 0.5) is 0 Å². The second-order valence-electron chi connectivity index (χ2n) is 5.89. The van der Waals surface area contributed by atoms with Crippen molar-refractivity contribution < 1.29 is 14.3 Å². The van der Waals surface area contributed by atoms with Crippen molar-refractivity contribution in [2.24, 2.45) is 5.92 Å². The van der Waals surface area contributed by atoms with Gasteiger partial charge in [0.15, 0.2) is 5.78 Å². The maximum Gasteiger partial charge on any atom is 0.167 e. The highest BCUT2D eigenvalue weighted by atomic mass is 16.5. The molecule has 0 aliphatic carbocycles. The zero-order valence-electron chi connectivity index (χ0n) is 11.9. The summed E-state index contributed by atoms with van der Waals surface area (Å²) in [5, 5.41) is 0. The topological polar surface area (TPSA) is 48.4 Å².